The molecule has 0 amide bonds. The van der Waals surface area contributed by atoms with Gasteiger partial charge in [-0.2, -0.15) is 0 Å². The van der Waals surface area contributed by atoms with Gasteiger partial charge in [0, 0.05) is 45.8 Å². The first-order valence-electron chi connectivity index (χ1n) is 11.3. The van der Waals surface area contributed by atoms with Gasteiger partial charge < -0.3 is 5.11 Å². The van der Waals surface area contributed by atoms with Crippen molar-refractivity contribution in [1.82, 2.24) is 4.98 Å². The number of rotatable bonds is 4. The van der Waals surface area contributed by atoms with Crippen LogP contribution in [0.1, 0.15) is 36.3 Å². The smallest absolute Gasteiger partial charge is 0.161 e. The molecular formula is C28H25N3O2S. The Morgan fingerprint density at radius 2 is 1.82 bits per heavy atom. The third kappa shape index (κ3) is 3.84. The maximum Gasteiger partial charge on any atom is 0.161 e. The second-order valence-corrected chi connectivity index (χ2v) is 9.25. The number of Topliss-reactive ketones (excluding diaryl/α,β-unsaturated/α-hetero) is 1. The van der Waals surface area contributed by atoms with Gasteiger partial charge in [0.25, 0.3) is 0 Å². The largest absolute Gasteiger partial charge is 0.507 e. The van der Waals surface area contributed by atoms with Crippen LogP contribution < -0.4 is 4.90 Å². The fourth-order valence-electron chi connectivity index (χ4n) is 4.84. The number of amidine groups is 1. The Morgan fingerprint density at radius 1 is 1.06 bits per heavy atom. The van der Waals surface area contributed by atoms with E-state index in [0.717, 1.165) is 22.6 Å². The number of nitrogens with zero attached hydrogens (tertiary/aromatic N) is 2. The van der Waals surface area contributed by atoms with Crippen LogP contribution in [0.4, 0.5) is 5.69 Å². The molecule has 1 aliphatic carbocycles. The molecule has 34 heavy (non-hydrogen) atoms. The van der Waals surface area contributed by atoms with Crippen molar-refractivity contribution in [3.8, 4) is 0 Å². The first-order valence-corrected chi connectivity index (χ1v) is 12.5. The number of carbonyl (C=O) groups excluding carboxylic acids is 1. The molecule has 1 unspecified atom stereocenters. The predicted octanol–water partition coefficient (Wildman–Crippen LogP) is 6.36. The van der Waals surface area contributed by atoms with Gasteiger partial charge in [0.2, 0.25) is 0 Å². The van der Waals surface area contributed by atoms with Gasteiger partial charge in [0.05, 0.1) is 11.9 Å². The summed E-state index contributed by atoms with van der Waals surface area (Å²) in [4.78, 5) is 20.6. The number of allylic oxidation sites excluding steroid dienone is 2. The summed E-state index contributed by atoms with van der Waals surface area (Å²) in [6.07, 6.45) is 7.30. The number of thioether (sulfide) groups is 1. The molecule has 0 fully saturated rings. The van der Waals surface area contributed by atoms with Crippen molar-refractivity contribution in [3.05, 3.63) is 107 Å². The summed E-state index contributed by atoms with van der Waals surface area (Å²) in [6, 6.07) is 21.0. The van der Waals surface area contributed by atoms with Crippen LogP contribution in [0, 0.1) is 5.41 Å². The van der Waals surface area contributed by atoms with Crippen molar-refractivity contribution >= 4 is 34.8 Å². The highest BCUT2D eigenvalue weighted by atomic mass is 32.2. The van der Waals surface area contributed by atoms with Gasteiger partial charge >= 0.3 is 0 Å². The molecule has 1 aliphatic heterocycles. The maximum atomic E-state index is 13.4. The van der Waals surface area contributed by atoms with E-state index in [2.05, 4.69) is 4.98 Å². The van der Waals surface area contributed by atoms with E-state index < -0.39 is 5.92 Å². The summed E-state index contributed by atoms with van der Waals surface area (Å²) >= 11 is 1.65. The van der Waals surface area contributed by atoms with E-state index >= 15 is 0 Å². The van der Waals surface area contributed by atoms with Crippen LogP contribution in [0.2, 0.25) is 0 Å². The summed E-state index contributed by atoms with van der Waals surface area (Å²) in [5.41, 5.74) is 4.16. The summed E-state index contributed by atoms with van der Waals surface area (Å²) in [6.45, 7) is 0. The van der Waals surface area contributed by atoms with Crippen molar-refractivity contribution in [2.75, 3.05) is 11.2 Å². The Bertz CT molecular complexity index is 1300. The molecule has 3 aromatic rings. The van der Waals surface area contributed by atoms with Gasteiger partial charge in [-0.15, -0.1) is 11.8 Å². The zero-order valence-electron chi connectivity index (χ0n) is 18.9. The monoisotopic (exact) mass is 467 g/mol. The first kappa shape index (κ1) is 22.2. The third-order valence-electron chi connectivity index (χ3n) is 6.41. The third-order valence-corrected chi connectivity index (χ3v) is 7.15. The highest BCUT2D eigenvalue weighted by Crippen LogP contribution is 2.47. The van der Waals surface area contributed by atoms with Gasteiger partial charge in [-0.3, -0.25) is 20.1 Å². The molecule has 0 saturated carbocycles. The first-order chi connectivity index (χ1) is 16.6. The summed E-state index contributed by atoms with van der Waals surface area (Å²) in [5.74, 6) is -0.260. The van der Waals surface area contributed by atoms with Crippen LogP contribution in [-0.2, 0) is 4.79 Å². The Morgan fingerprint density at radius 3 is 2.50 bits per heavy atom. The molecule has 2 N–H and O–H groups in total. The lowest BCUT2D eigenvalue weighted by atomic mass is 9.73. The number of aliphatic hydroxyl groups is 1. The molecule has 1 aromatic heterocycles. The lowest BCUT2D eigenvalue weighted by Crippen LogP contribution is -2.42. The van der Waals surface area contributed by atoms with E-state index in [9.17, 15) is 15.3 Å². The van der Waals surface area contributed by atoms with Crippen LogP contribution in [-0.4, -0.2) is 28.0 Å². The summed E-state index contributed by atoms with van der Waals surface area (Å²) < 4.78 is 0. The predicted molar refractivity (Wildman–Crippen MR) is 137 cm³/mol. The number of aromatic nitrogens is 1. The number of hydrogen-bond donors (Lipinski definition) is 2. The SMILES string of the molecule is CSc1ccc(C2C3=C(CCCC3=O)N(c3cccnc3)C(=N)/C2=C(/O)c2ccccc2)cc1. The normalized spacial score (nSPS) is 19.8. The minimum Gasteiger partial charge on any atom is -0.507 e. The molecule has 1 atom stereocenters. The molecule has 170 valence electrons. The summed E-state index contributed by atoms with van der Waals surface area (Å²) in [5, 5.41) is 20.8. The van der Waals surface area contributed by atoms with Crippen LogP contribution >= 0.6 is 11.8 Å². The van der Waals surface area contributed by atoms with Crippen LogP contribution in [0.25, 0.3) is 5.76 Å². The molecule has 0 saturated heterocycles. The lowest BCUT2D eigenvalue weighted by molar-refractivity contribution is -0.116. The molecule has 0 radical (unpaired) electrons. The van der Waals surface area contributed by atoms with Gasteiger partial charge in [-0.05, 0) is 48.9 Å². The quantitative estimate of drug-likeness (QED) is 0.345. The van der Waals surface area contributed by atoms with Crippen molar-refractivity contribution in [2.45, 2.75) is 30.1 Å². The molecular weight excluding hydrogens is 442 g/mol. The van der Waals surface area contributed by atoms with E-state index in [0.29, 0.717) is 35.2 Å². The van der Waals surface area contributed by atoms with Crippen LogP contribution in [0.3, 0.4) is 0 Å². The molecule has 2 aliphatic rings. The van der Waals surface area contributed by atoms with Gasteiger partial charge in [-0.25, -0.2) is 0 Å². The maximum absolute atomic E-state index is 13.4. The molecule has 2 heterocycles. The fraction of sp³-hybridized carbons (Fsp3) is 0.179. The van der Waals surface area contributed by atoms with E-state index in [-0.39, 0.29) is 17.4 Å². The number of anilines is 1. The molecule has 0 bridgehead atoms. The van der Waals surface area contributed by atoms with E-state index in [1.54, 1.807) is 29.1 Å². The zero-order valence-corrected chi connectivity index (χ0v) is 19.7. The van der Waals surface area contributed by atoms with E-state index in [1.165, 1.54) is 0 Å². The number of carbonyl (C=O) groups is 1. The number of nitrogens with one attached hydrogen (secondary N) is 1. The number of aliphatic hydroxyl groups excluding tert-OH is 1. The standard InChI is InChI=1S/C28H25N3O2S/c1-34-21-14-12-18(13-15-21)24-25-22(10-5-11-23(25)32)31(20-9-6-16-30-17-20)28(29)26(24)27(33)19-7-3-2-4-8-19/h2-4,6-9,12-17,24,29,33H,5,10-11H2,1H3/b27-26+,29-28?. The van der Waals surface area contributed by atoms with Crippen molar-refractivity contribution in [1.29, 1.82) is 5.41 Å². The minimum atomic E-state index is -0.515. The van der Waals surface area contributed by atoms with E-state index in [4.69, 9.17) is 0 Å². The molecule has 6 heteroatoms. The molecule has 5 nitrogen and oxygen atoms in total. The highest BCUT2D eigenvalue weighted by Gasteiger charge is 2.43. The van der Waals surface area contributed by atoms with Gasteiger partial charge in [0.15, 0.2) is 5.78 Å². The lowest BCUT2D eigenvalue weighted by Gasteiger charge is -2.41. The van der Waals surface area contributed by atoms with Crippen molar-refractivity contribution in [3.63, 3.8) is 0 Å². The summed E-state index contributed by atoms with van der Waals surface area (Å²) in [7, 11) is 0. The van der Waals surface area contributed by atoms with Crippen LogP contribution in [0.15, 0.2) is 101 Å². The topological polar surface area (TPSA) is 77.3 Å². The van der Waals surface area contributed by atoms with Crippen LogP contribution in [0.5, 0.6) is 0 Å². The zero-order chi connectivity index (χ0) is 23.7. The highest BCUT2D eigenvalue weighted by molar-refractivity contribution is 7.98. The second-order valence-electron chi connectivity index (χ2n) is 8.37. The number of pyridine rings is 1. The Kier molecular flexibility index (Phi) is 6.07. The average molecular weight is 468 g/mol. The van der Waals surface area contributed by atoms with Crippen molar-refractivity contribution < 1.29 is 9.90 Å². The molecule has 0 spiro atoms. The number of hydrogen-bond acceptors (Lipinski definition) is 5. The molecule has 5 rings (SSSR count). The van der Waals surface area contributed by atoms with Gasteiger partial charge in [-0.1, -0.05) is 42.5 Å². The van der Waals surface area contributed by atoms with E-state index in [1.807, 2.05) is 73.0 Å². The minimum absolute atomic E-state index is 0.0170. The Balaban J connectivity index is 1.81. The molecule has 2 aromatic carbocycles. The fourth-order valence-corrected chi connectivity index (χ4v) is 5.25. The average Bonchev–Trinajstić information content (AvgIpc) is 2.89. The van der Waals surface area contributed by atoms with Crippen molar-refractivity contribution in [2.24, 2.45) is 0 Å². The van der Waals surface area contributed by atoms with Gasteiger partial charge in [0.1, 0.15) is 11.6 Å². The number of ketones is 1. The second kappa shape index (κ2) is 9.31. The Hall–Kier alpha value is -3.64. The number of benzene rings is 2. The Labute approximate surface area is 203 Å².